The summed E-state index contributed by atoms with van der Waals surface area (Å²) in [6.07, 6.45) is 1.11. The third-order valence-electron chi connectivity index (χ3n) is 3.00. The molecule has 0 radical (unpaired) electrons. The molecule has 0 aliphatic heterocycles. The topological polar surface area (TPSA) is 92.4 Å². The van der Waals surface area contributed by atoms with E-state index in [1.165, 1.54) is 0 Å². The molecule has 5 nitrogen and oxygen atoms in total. The summed E-state index contributed by atoms with van der Waals surface area (Å²) in [5, 5.41) is 11.8. The molecule has 0 aliphatic carbocycles. The highest BCUT2D eigenvalue weighted by molar-refractivity contribution is 5.89. The molecule has 0 unspecified atom stereocenters. The van der Waals surface area contributed by atoms with Crippen molar-refractivity contribution in [2.45, 2.75) is 32.7 Å². The minimum absolute atomic E-state index is 0.188. The molecule has 110 valence electrons. The molecular formula is C15H22N2O3. The molecule has 0 saturated heterocycles. The quantitative estimate of drug-likeness (QED) is 0.703. The van der Waals surface area contributed by atoms with Gasteiger partial charge in [0, 0.05) is 6.54 Å². The zero-order valence-electron chi connectivity index (χ0n) is 11.9. The fraction of sp³-hybridized carbons (Fsp3) is 0.467. The summed E-state index contributed by atoms with van der Waals surface area (Å²) in [7, 11) is 0. The fourth-order valence-electron chi connectivity index (χ4n) is 2.01. The van der Waals surface area contributed by atoms with Gasteiger partial charge in [0.2, 0.25) is 5.91 Å². The van der Waals surface area contributed by atoms with Crippen molar-refractivity contribution >= 4 is 11.9 Å². The lowest BCUT2D eigenvalue weighted by molar-refractivity contribution is -0.122. The van der Waals surface area contributed by atoms with Crippen LogP contribution in [0.1, 0.15) is 36.2 Å². The van der Waals surface area contributed by atoms with E-state index in [9.17, 15) is 9.59 Å². The van der Waals surface area contributed by atoms with Crippen LogP contribution in [0.15, 0.2) is 24.3 Å². The van der Waals surface area contributed by atoms with Crippen LogP contribution >= 0.6 is 0 Å². The minimum atomic E-state index is -0.955. The van der Waals surface area contributed by atoms with Gasteiger partial charge in [-0.1, -0.05) is 32.0 Å². The molecule has 5 heteroatoms. The van der Waals surface area contributed by atoms with E-state index in [1.54, 1.807) is 24.3 Å². The lowest BCUT2D eigenvalue weighted by Gasteiger charge is -2.14. The van der Waals surface area contributed by atoms with Crippen molar-refractivity contribution in [1.29, 1.82) is 0 Å². The first-order valence-electron chi connectivity index (χ1n) is 6.76. The largest absolute Gasteiger partial charge is 0.478 e. The second-order valence-electron chi connectivity index (χ2n) is 5.24. The number of rotatable bonds is 7. The smallest absolute Gasteiger partial charge is 0.335 e. The zero-order valence-corrected chi connectivity index (χ0v) is 11.9. The van der Waals surface area contributed by atoms with Crippen molar-refractivity contribution in [2.24, 2.45) is 11.7 Å². The number of hydrogen-bond acceptors (Lipinski definition) is 3. The molecule has 0 heterocycles. The maximum atomic E-state index is 11.7. The molecule has 1 aromatic carbocycles. The van der Waals surface area contributed by atoms with Gasteiger partial charge in [-0.25, -0.2) is 4.79 Å². The summed E-state index contributed by atoms with van der Waals surface area (Å²) in [4.78, 5) is 22.8. The molecule has 4 N–H and O–H groups in total. The van der Waals surface area contributed by atoms with Gasteiger partial charge in [-0.3, -0.25) is 4.79 Å². The first-order chi connectivity index (χ1) is 9.41. The van der Waals surface area contributed by atoms with E-state index in [0.29, 0.717) is 30.9 Å². The van der Waals surface area contributed by atoms with Gasteiger partial charge in [-0.05, 0) is 30.4 Å². The highest BCUT2D eigenvalue weighted by Gasteiger charge is 2.15. The second-order valence-corrected chi connectivity index (χ2v) is 5.24. The van der Waals surface area contributed by atoms with Crippen molar-refractivity contribution in [2.75, 3.05) is 6.54 Å². The van der Waals surface area contributed by atoms with Crippen molar-refractivity contribution < 1.29 is 14.7 Å². The van der Waals surface area contributed by atoms with E-state index < -0.39 is 12.0 Å². The van der Waals surface area contributed by atoms with E-state index in [4.69, 9.17) is 10.8 Å². The number of aromatic carboxylic acids is 1. The standard InChI is InChI=1S/C15H22N2O3/c1-10(2)9-13(16)14(18)17-8-7-11-5-3-4-6-12(11)15(19)20/h3-6,10,13H,7-9,16H2,1-2H3,(H,17,18)(H,19,20)/t13-/m0/s1. The summed E-state index contributed by atoms with van der Waals surface area (Å²) >= 11 is 0. The van der Waals surface area contributed by atoms with Gasteiger partial charge >= 0.3 is 5.97 Å². The molecule has 20 heavy (non-hydrogen) atoms. The van der Waals surface area contributed by atoms with Gasteiger partial charge in [0.05, 0.1) is 11.6 Å². The maximum Gasteiger partial charge on any atom is 0.335 e. The monoisotopic (exact) mass is 278 g/mol. The lowest BCUT2D eigenvalue weighted by atomic mass is 10.0. The van der Waals surface area contributed by atoms with Gasteiger partial charge in [0.1, 0.15) is 0 Å². The van der Waals surface area contributed by atoms with Crippen molar-refractivity contribution in [1.82, 2.24) is 5.32 Å². The third kappa shape index (κ3) is 5.01. The SMILES string of the molecule is CC(C)C[C@H](N)C(=O)NCCc1ccccc1C(=O)O. The number of nitrogens with one attached hydrogen (secondary N) is 1. The van der Waals surface area contributed by atoms with Crippen LogP contribution in [0.4, 0.5) is 0 Å². The first-order valence-corrected chi connectivity index (χ1v) is 6.76. The lowest BCUT2D eigenvalue weighted by Crippen LogP contribution is -2.42. The maximum absolute atomic E-state index is 11.7. The number of carbonyl (C=O) groups excluding carboxylic acids is 1. The van der Waals surface area contributed by atoms with Gasteiger partial charge < -0.3 is 16.2 Å². The second kappa shape index (κ2) is 7.65. The van der Waals surface area contributed by atoms with E-state index in [2.05, 4.69) is 5.32 Å². The molecular weight excluding hydrogens is 256 g/mol. The Hall–Kier alpha value is -1.88. The van der Waals surface area contributed by atoms with Crippen LogP contribution in [0.2, 0.25) is 0 Å². The van der Waals surface area contributed by atoms with Gasteiger partial charge in [0.15, 0.2) is 0 Å². The minimum Gasteiger partial charge on any atom is -0.478 e. The Kier molecular flexibility index (Phi) is 6.18. The molecule has 0 spiro atoms. The fourth-order valence-corrected chi connectivity index (χ4v) is 2.01. The summed E-state index contributed by atoms with van der Waals surface area (Å²) in [6, 6.07) is 6.27. The number of carboxylic acid groups (broad SMARTS) is 1. The van der Waals surface area contributed by atoms with Gasteiger partial charge in [-0.2, -0.15) is 0 Å². The van der Waals surface area contributed by atoms with Crippen LogP contribution in [0, 0.1) is 5.92 Å². The number of benzene rings is 1. The molecule has 1 atom stereocenters. The molecule has 0 bridgehead atoms. The summed E-state index contributed by atoms with van der Waals surface area (Å²) in [6.45, 7) is 4.40. The Labute approximate surface area is 119 Å². The van der Waals surface area contributed by atoms with E-state index in [-0.39, 0.29) is 11.5 Å². The Morgan fingerprint density at radius 2 is 1.95 bits per heavy atom. The Bertz CT molecular complexity index is 472. The number of carbonyl (C=O) groups is 2. The van der Waals surface area contributed by atoms with Crippen LogP contribution < -0.4 is 11.1 Å². The highest BCUT2D eigenvalue weighted by Crippen LogP contribution is 2.09. The Morgan fingerprint density at radius 1 is 1.30 bits per heavy atom. The molecule has 0 aliphatic rings. The van der Waals surface area contributed by atoms with Crippen LogP contribution in [-0.2, 0) is 11.2 Å². The summed E-state index contributed by atoms with van der Waals surface area (Å²) in [5.74, 6) is -0.779. The van der Waals surface area contributed by atoms with E-state index in [1.807, 2.05) is 13.8 Å². The van der Waals surface area contributed by atoms with Crippen LogP contribution in [0.3, 0.4) is 0 Å². The summed E-state index contributed by atoms with van der Waals surface area (Å²) in [5.41, 5.74) is 6.75. The van der Waals surface area contributed by atoms with E-state index in [0.717, 1.165) is 0 Å². The Morgan fingerprint density at radius 3 is 2.55 bits per heavy atom. The van der Waals surface area contributed by atoms with Crippen LogP contribution in [0.25, 0.3) is 0 Å². The van der Waals surface area contributed by atoms with Crippen molar-refractivity contribution in [3.05, 3.63) is 35.4 Å². The van der Waals surface area contributed by atoms with Gasteiger partial charge in [-0.15, -0.1) is 0 Å². The first kappa shape index (κ1) is 16.2. The van der Waals surface area contributed by atoms with Crippen molar-refractivity contribution in [3.63, 3.8) is 0 Å². The molecule has 1 amide bonds. The van der Waals surface area contributed by atoms with Crippen LogP contribution in [0.5, 0.6) is 0 Å². The molecule has 1 aromatic rings. The number of carboxylic acids is 1. The third-order valence-corrected chi connectivity index (χ3v) is 3.00. The molecule has 1 rings (SSSR count). The molecule has 0 fully saturated rings. The predicted molar refractivity (Wildman–Crippen MR) is 77.5 cm³/mol. The summed E-state index contributed by atoms with van der Waals surface area (Å²) < 4.78 is 0. The number of amides is 1. The van der Waals surface area contributed by atoms with Gasteiger partial charge in [0.25, 0.3) is 0 Å². The van der Waals surface area contributed by atoms with Crippen molar-refractivity contribution in [3.8, 4) is 0 Å². The predicted octanol–water partition coefficient (Wildman–Crippen LogP) is 1.42. The average Bonchev–Trinajstić information content (AvgIpc) is 2.38. The molecule has 0 saturated carbocycles. The normalized spacial score (nSPS) is 12.2. The average molecular weight is 278 g/mol. The molecule has 0 aromatic heterocycles. The highest BCUT2D eigenvalue weighted by atomic mass is 16.4. The van der Waals surface area contributed by atoms with E-state index >= 15 is 0 Å². The Balaban J connectivity index is 2.49. The van der Waals surface area contributed by atoms with Crippen LogP contribution in [-0.4, -0.2) is 29.6 Å². The number of nitrogens with two attached hydrogens (primary N) is 1. The zero-order chi connectivity index (χ0) is 15.1. The number of hydrogen-bond donors (Lipinski definition) is 3.